The molecule has 0 aliphatic carbocycles. The Labute approximate surface area is 207 Å². The van der Waals surface area contributed by atoms with Crippen molar-refractivity contribution in [3.63, 3.8) is 0 Å². The first-order valence-corrected chi connectivity index (χ1v) is 12.5. The third-order valence-electron chi connectivity index (χ3n) is 7.61. The maximum Gasteiger partial charge on any atom is 0.320 e. The van der Waals surface area contributed by atoms with Crippen LogP contribution >= 0.6 is 0 Å². The van der Waals surface area contributed by atoms with E-state index < -0.39 is 19.0 Å². The van der Waals surface area contributed by atoms with Gasteiger partial charge in [-0.25, -0.2) is 18.6 Å². The summed E-state index contributed by atoms with van der Waals surface area (Å²) in [5.41, 5.74) is 4.97. The van der Waals surface area contributed by atoms with Crippen molar-refractivity contribution >= 4 is 22.8 Å². The highest BCUT2D eigenvalue weighted by Crippen LogP contribution is 2.37. The number of urea groups is 1. The summed E-state index contributed by atoms with van der Waals surface area (Å²) in [5.74, 6) is -1.83. The highest BCUT2D eigenvalue weighted by atomic mass is 19.3. The van der Waals surface area contributed by atoms with Crippen molar-refractivity contribution in [1.29, 1.82) is 0 Å². The molecule has 3 aromatic heterocycles. The van der Waals surface area contributed by atoms with Gasteiger partial charge >= 0.3 is 6.03 Å². The SMILES string of the molecule is CC[C@@H]1CN(C(=O)N2CC(F)(F)C2)C[C@@H]1c1nnc2cnc3c(ccn3CCc3ccc(C)cc3)n12. The van der Waals surface area contributed by atoms with E-state index >= 15 is 0 Å². The van der Waals surface area contributed by atoms with Crippen LogP contribution in [0.25, 0.3) is 16.8 Å². The molecule has 2 amide bonds. The minimum Gasteiger partial charge on any atom is -0.331 e. The molecule has 188 valence electrons. The molecule has 0 bridgehead atoms. The van der Waals surface area contributed by atoms with E-state index in [9.17, 15) is 13.6 Å². The van der Waals surface area contributed by atoms with E-state index in [0.29, 0.717) is 18.7 Å². The topological polar surface area (TPSA) is 71.6 Å². The lowest BCUT2D eigenvalue weighted by molar-refractivity contribution is -0.113. The van der Waals surface area contributed by atoms with E-state index in [2.05, 4.69) is 57.9 Å². The highest BCUT2D eigenvalue weighted by Gasteiger charge is 2.49. The number of halogens is 2. The van der Waals surface area contributed by atoms with Gasteiger partial charge in [0.1, 0.15) is 5.82 Å². The standard InChI is InChI=1S/C26H29F2N7O/c1-3-19-13-33(25(36)34-15-26(27,28)16-34)14-20(19)23-31-30-22-12-29-24-21(35(22)23)9-11-32(24)10-8-18-6-4-17(2)5-7-18/h4-7,9,11-12,19-20H,3,8,10,13-16H2,1-2H3/t19-,20+/m1/s1. The summed E-state index contributed by atoms with van der Waals surface area (Å²) in [4.78, 5) is 20.4. The molecule has 6 rings (SSSR count). The number of benzene rings is 1. The summed E-state index contributed by atoms with van der Waals surface area (Å²) >= 11 is 0. The van der Waals surface area contributed by atoms with Gasteiger partial charge in [-0.1, -0.05) is 43.2 Å². The van der Waals surface area contributed by atoms with Gasteiger partial charge in [0.25, 0.3) is 5.92 Å². The molecule has 2 aliphatic heterocycles. The summed E-state index contributed by atoms with van der Waals surface area (Å²) in [6.45, 7) is 4.94. The van der Waals surface area contributed by atoms with Crippen molar-refractivity contribution in [1.82, 2.24) is 33.9 Å². The predicted octanol–water partition coefficient (Wildman–Crippen LogP) is 4.13. The van der Waals surface area contributed by atoms with Crippen LogP contribution in [0.1, 0.15) is 36.2 Å². The van der Waals surface area contributed by atoms with Crippen molar-refractivity contribution in [2.24, 2.45) is 5.92 Å². The maximum atomic E-state index is 13.3. The van der Waals surface area contributed by atoms with E-state index in [0.717, 1.165) is 36.4 Å². The number of hydrogen-bond acceptors (Lipinski definition) is 4. The van der Waals surface area contributed by atoms with Crippen LogP contribution in [0.15, 0.2) is 42.7 Å². The smallest absolute Gasteiger partial charge is 0.320 e. The molecule has 0 radical (unpaired) electrons. The van der Waals surface area contributed by atoms with Crippen LogP contribution in [0.2, 0.25) is 0 Å². The van der Waals surface area contributed by atoms with Crippen molar-refractivity contribution in [2.75, 3.05) is 26.2 Å². The number of amides is 2. The van der Waals surface area contributed by atoms with Gasteiger partial charge in [-0.15, -0.1) is 10.2 Å². The quantitative estimate of drug-likeness (QED) is 0.419. The van der Waals surface area contributed by atoms with Crippen molar-refractivity contribution in [2.45, 2.75) is 45.1 Å². The summed E-state index contributed by atoms with van der Waals surface area (Å²) in [5, 5.41) is 8.90. The minimum atomic E-state index is -2.77. The van der Waals surface area contributed by atoms with E-state index in [1.807, 2.05) is 16.7 Å². The lowest BCUT2D eigenvalue weighted by Crippen LogP contribution is -2.61. The lowest BCUT2D eigenvalue weighted by atomic mass is 9.93. The Morgan fingerprint density at radius 1 is 1.08 bits per heavy atom. The molecule has 10 heteroatoms. The van der Waals surface area contributed by atoms with Crippen molar-refractivity contribution in [3.05, 3.63) is 59.7 Å². The number of fused-ring (bicyclic) bond motifs is 3. The first-order chi connectivity index (χ1) is 17.3. The first kappa shape index (κ1) is 22.9. The Morgan fingerprint density at radius 3 is 2.58 bits per heavy atom. The van der Waals surface area contributed by atoms with Gasteiger partial charge in [-0.2, -0.15) is 0 Å². The molecule has 2 saturated heterocycles. The van der Waals surface area contributed by atoms with Gasteiger partial charge < -0.3 is 14.4 Å². The summed E-state index contributed by atoms with van der Waals surface area (Å²) < 4.78 is 30.8. The second-order valence-electron chi connectivity index (χ2n) is 10.1. The average Bonchev–Trinajstić information content (AvgIpc) is 3.57. The van der Waals surface area contributed by atoms with Gasteiger partial charge in [-0.05, 0) is 30.9 Å². The molecular formula is C26H29F2N7O. The summed E-state index contributed by atoms with van der Waals surface area (Å²) in [6.07, 6.45) is 5.53. The van der Waals surface area contributed by atoms with Crippen molar-refractivity contribution < 1.29 is 13.6 Å². The molecule has 4 aromatic rings. The number of carbonyl (C=O) groups excluding carboxylic acids is 1. The van der Waals surface area contributed by atoms with Crippen LogP contribution in [0.5, 0.6) is 0 Å². The van der Waals surface area contributed by atoms with Crippen molar-refractivity contribution in [3.8, 4) is 0 Å². The van der Waals surface area contributed by atoms with Gasteiger partial charge in [0.15, 0.2) is 11.3 Å². The predicted molar refractivity (Wildman–Crippen MR) is 131 cm³/mol. The summed E-state index contributed by atoms with van der Waals surface area (Å²) in [7, 11) is 0. The zero-order valence-corrected chi connectivity index (χ0v) is 20.4. The molecule has 0 N–H and O–H groups in total. The second-order valence-corrected chi connectivity index (χ2v) is 10.1. The number of likely N-dealkylation sites (tertiary alicyclic amines) is 2. The first-order valence-electron chi connectivity index (χ1n) is 12.5. The minimum absolute atomic E-state index is 0.0303. The number of nitrogens with zero attached hydrogens (tertiary/aromatic N) is 7. The molecule has 8 nitrogen and oxygen atoms in total. The van der Waals surface area contributed by atoms with Gasteiger partial charge in [0, 0.05) is 31.7 Å². The number of alkyl halides is 2. The van der Waals surface area contributed by atoms with Gasteiger partial charge in [0.2, 0.25) is 0 Å². The number of hydrogen-bond donors (Lipinski definition) is 0. The van der Waals surface area contributed by atoms with Gasteiger partial charge in [0.05, 0.1) is 24.8 Å². The molecule has 36 heavy (non-hydrogen) atoms. The fourth-order valence-electron chi connectivity index (χ4n) is 5.53. The molecule has 0 spiro atoms. The van der Waals surface area contributed by atoms with E-state index in [1.165, 1.54) is 16.0 Å². The van der Waals surface area contributed by atoms with E-state index in [-0.39, 0.29) is 17.9 Å². The van der Waals surface area contributed by atoms with E-state index in [4.69, 9.17) is 0 Å². The highest BCUT2D eigenvalue weighted by molar-refractivity contribution is 5.77. The number of aryl methyl sites for hydroxylation is 3. The Balaban J connectivity index is 1.28. The second kappa shape index (κ2) is 8.53. The van der Waals surface area contributed by atoms with Crippen LogP contribution in [-0.2, 0) is 13.0 Å². The van der Waals surface area contributed by atoms with Crippen LogP contribution in [0.3, 0.4) is 0 Å². The molecule has 2 aliphatic rings. The van der Waals surface area contributed by atoms with Crippen LogP contribution in [0.4, 0.5) is 13.6 Å². The largest absolute Gasteiger partial charge is 0.331 e. The number of rotatable bonds is 5. The molecule has 0 saturated carbocycles. The average molecular weight is 494 g/mol. The number of carbonyl (C=O) groups is 1. The lowest BCUT2D eigenvalue weighted by Gasteiger charge is -2.40. The zero-order chi connectivity index (χ0) is 25.0. The molecule has 5 heterocycles. The Hall–Kier alpha value is -3.56. The Morgan fingerprint density at radius 2 is 1.86 bits per heavy atom. The monoisotopic (exact) mass is 493 g/mol. The Kier molecular flexibility index (Phi) is 5.42. The van der Waals surface area contributed by atoms with Crippen LogP contribution in [0, 0.1) is 12.8 Å². The Bertz CT molecular complexity index is 1420. The molecule has 0 unspecified atom stereocenters. The third-order valence-corrected chi connectivity index (χ3v) is 7.61. The summed E-state index contributed by atoms with van der Waals surface area (Å²) in [6, 6.07) is 10.3. The maximum absolute atomic E-state index is 13.3. The fourth-order valence-corrected chi connectivity index (χ4v) is 5.53. The van der Waals surface area contributed by atoms with Gasteiger partial charge in [-0.3, -0.25) is 4.40 Å². The molecule has 2 fully saturated rings. The van der Waals surface area contributed by atoms with Crippen LogP contribution < -0.4 is 0 Å². The molecule has 2 atom stereocenters. The number of aromatic nitrogens is 5. The normalized spacial score (nSPS) is 21.4. The van der Waals surface area contributed by atoms with E-state index in [1.54, 1.807) is 11.1 Å². The molecular weight excluding hydrogens is 464 g/mol. The van der Waals surface area contributed by atoms with Crippen LogP contribution in [-0.4, -0.2) is 72.1 Å². The zero-order valence-electron chi connectivity index (χ0n) is 20.4. The third kappa shape index (κ3) is 3.88. The molecule has 1 aromatic carbocycles. The fraction of sp³-hybridized carbons (Fsp3) is 0.462.